The van der Waals surface area contributed by atoms with Gasteiger partial charge in [0.15, 0.2) is 0 Å². The first-order chi connectivity index (χ1) is 14.2. The van der Waals surface area contributed by atoms with Crippen LogP contribution in [0, 0.1) is 10.1 Å². The van der Waals surface area contributed by atoms with E-state index in [0.29, 0.717) is 5.92 Å². The molecule has 1 aliphatic carbocycles. The molecule has 0 radical (unpaired) electrons. The smallest absolute Gasteiger partial charge is 0.294 e. The van der Waals surface area contributed by atoms with Gasteiger partial charge < -0.3 is 19.6 Å². The standard InChI is InChI=1S/C22H34N2O6/c1-22(2,3)23(21(26)13-8-14-30-24(27)28)15-18(25)16-29-20-12-7-6-11-19(20)17-9-4-5-10-17/h6-7,11-12,17-18,25H,4-5,8-10,13-16H2,1-3H3. The molecular formula is C22H34N2O6. The van der Waals surface area contributed by atoms with Crippen LogP contribution in [0.4, 0.5) is 0 Å². The number of amides is 1. The highest BCUT2D eigenvalue weighted by Crippen LogP contribution is 2.38. The molecule has 1 saturated carbocycles. The van der Waals surface area contributed by atoms with Crippen LogP contribution < -0.4 is 4.74 Å². The van der Waals surface area contributed by atoms with Crippen molar-refractivity contribution in [2.45, 2.75) is 76.9 Å². The topological polar surface area (TPSA) is 102 Å². The fourth-order valence-electron chi connectivity index (χ4n) is 3.88. The lowest BCUT2D eigenvalue weighted by atomic mass is 9.97. The molecule has 0 saturated heterocycles. The molecule has 168 valence electrons. The van der Waals surface area contributed by atoms with Crippen molar-refractivity contribution in [2.75, 3.05) is 19.8 Å². The minimum atomic E-state index is -0.865. The molecule has 30 heavy (non-hydrogen) atoms. The summed E-state index contributed by atoms with van der Waals surface area (Å²) < 4.78 is 5.95. The summed E-state index contributed by atoms with van der Waals surface area (Å²) in [5.41, 5.74) is 0.695. The largest absolute Gasteiger partial charge is 0.491 e. The fourth-order valence-corrected chi connectivity index (χ4v) is 3.88. The predicted octanol–water partition coefficient (Wildman–Crippen LogP) is 3.70. The maximum Gasteiger partial charge on any atom is 0.294 e. The quantitative estimate of drug-likeness (QED) is 0.331. The number of hydrogen-bond acceptors (Lipinski definition) is 6. The normalized spacial score (nSPS) is 15.6. The van der Waals surface area contributed by atoms with E-state index >= 15 is 0 Å². The Morgan fingerprint density at radius 3 is 2.60 bits per heavy atom. The monoisotopic (exact) mass is 422 g/mol. The van der Waals surface area contributed by atoms with Crippen molar-refractivity contribution in [3.63, 3.8) is 0 Å². The second-order valence-corrected chi connectivity index (χ2v) is 8.82. The molecule has 0 spiro atoms. The maximum atomic E-state index is 12.6. The number of β-amino-alcohol motifs (C(OH)–C–C–N with tert-alkyl or cyclic N) is 1. The lowest BCUT2D eigenvalue weighted by Crippen LogP contribution is -2.50. The molecule has 0 aromatic heterocycles. The molecule has 1 atom stereocenters. The van der Waals surface area contributed by atoms with Crippen molar-refractivity contribution in [1.29, 1.82) is 0 Å². The highest BCUT2D eigenvalue weighted by Gasteiger charge is 2.28. The van der Waals surface area contributed by atoms with Gasteiger partial charge in [0.25, 0.3) is 5.09 Å². The van der Waals surface area contributed by atoms with E-state index in [1.165, 1.54) is 18.4 Å². The number of para-hydroxylation sites is 1. The molecule has 0 bridgehead atoms. The summed E-state index contributed by atoms with van der Waals surface area (Å²) in [6.45, 7) is 5.77. The van der Waals surface area contributed by atoms with Crippen LogP contribution in [0.25, 0.3) is 0 Å². The van der Waals surface area contributed by atoms with Crippen LogP contribution in [0.5, 0.6) is 5.75 Å². The molecule has 1 aliphatic rings. The Balaban J connectivity index is 1.91. The number of nitrogens with zero attached hydrogens (tertiary/aromatic N) is 2. The molecule has 1 aromatic rings. The summed E-state index contributed by atoms with van der Waals surface area (Å²) in [5.74, 6) is 1.13. The maximum absolute atomic E-state index is 12.6. The minimum absolute atomic E-state index is 0.0913. The Labute approximate surface area is 178 Å². The van der Waals surface area contributed by atoms with Crippen LogP contribution >= 0.6 is 0 Å². The van der Waals surface area contributed by atoms with Crippen molar-refractivity contribution >= 4 is 5.91 Å². The van der Waals surface area contributed by atoms with E-state index in [2.05, 4.69) is 10.9 Å². The number of benzene rings is 1. The molecule has 1 fully saturated rings. The Morgan fingerprint density at radius 2 is 1.97 bits per heavy atom. The van der Waals surface area contributed by atoms with E-state index in [1.807, 2.05) is 39.0 Å². The van der Waals surface area contributed by atoms with Crippen molar-refractivity contribution in [2.24, 2.45) is 0 Å². The lowest BCUT2D eigenvalue weighted by Gasteiger charge is -2.37. The van der Waals surface area contributed by atoms with E-state index in [0.717, 1.165) is 18.6 Å². The Morgan fingerprint density at radius 1 is 1.30 bits per heavy atom. The molecule has 0 aliphatic heterocycles. The van der Waals surface area contributed by atoms with Crippen molar-refractivity contribution in [1.82, 2.24) is 4.90 Å². The summed E-state index contributed by atoms with van der Waals surface area (Å²) in [6, 6.07) is 7.97. The molecule has 8 nitrogen and oxygen atoms in total. The van der Waals surface area contributed by atoms with Gasteiger partial charge in [-0.25, -0.2) is 0 Å². The number of carbonyl (C=O) groups excluding carboxylic acids is 1. The van der Waals surface area contributed by atoms with Gasteiger partial charge in [0.2, 0.25) is 5.91 Å². The molecule has 1 N–H and O–H groups in total. The summed E-state index contributed by atoms with van der Waals surface area (Å²) >= 11 is 0. The molecule has 8 heteroatoms. The molecular weight excluding hydrogens is 388 g/mol. The third kappa shape index (κ3) is 7.48. The van der Waals surface area contributed by atoms with Crippen LogP contribution in [-0.2, 0) is 9.63 Å². The number of aliphatic hydroxyl groups excluding tert-OH is 1. The molecule has 1 amide bonds. The highest BCUT2D eigenvalue weighted by atomic mass is 16.9. The van der Waals surface area contributed by atoms with Crippen molar-refractivity contribution in [3.05, 3.63) is 39.9 Å². The average Bonchev–Trinajstić information content (AvgIpc) is 3.21. The zero-order chi connectivity index (χ0) is 22.1. The summed E-state index contributed by atoms with van der Waals surface area (Å²) in [7, 11) is 0. The fraction of sp³-hybridized carbons (Fsp3) is 0.682. The van der Waals surface area contributed by atoms with Gasteiger partial charge in [0.1, 0.15) is 18.5 Å². The Bertz CT molecular complexity index is 697. The lowest BCUT2D eigenvalue weighted by molar-refractivity contribution is -0.757. The van der Waals surface area contributed by atoms with E-state index in [9.17, 15) is 20.0 Å². The van der Waals surface area contributed by atoms with Gasteiger partial charge in [0.05, 0.1) is 13.2 Å². The Kier molecular flexibility index (Phi) is 8.89. The van der Waals surface area contributed by atoms with Gasteiger partial charge in [-0.3, -0.25) is 4.79 Å². The second kappa shape index (κ2) is 11.2. The van der Waals surface area contributed by atoms with E-state index in [1.54, 1.807) is 4.90 Å². The molecule has 1 unspecified atom stereocenters. The number of rotatable bonds is 11. The molecule has 2 rings (SSSR count). The van der Waals surface area contributed by atoms with Gasteiger partial charge in [-0.1, -0.05) is 31.0 Å². The average molecular weight is 423 g/mol. The SMILES string of the molecule is CC(C)(C)N(CC(O)COc1ccccc1C1CCCC1)C(=O)CCCO[N+](=O)[O-]. The van der Waals surface area contributed by atoms with Gasteiger partial charge in [-0.2, -0.15) is 0 Å². The van der Waals surface area contributed by atoms with Crippen LogP contribution in [-0.4, -0.2) is 52.4 Å². The summed E-state index contributed by atoms with van der Waals surface area (Å²) in [6.07, 6.45) is 4.30. The number of carbonyl (C=O) groups is 1. The van der Waals surface area contributed by atoms with Crippen molar-refractivity contribution < 1.29 is 24.6 Å². The van der Waals surface area contributed by atoms with Crippen LogP contribution in [0.1, 0.15) is 70.8 Å². The number of aliphatic hydroxyl groups is 1. The van der Waals surface area contributed by atoms with Gasteiger partial charge in [0, 0.05) is 12.0 Å². The van der Waals surface area contributed by atoms with Crippen LogP contribution in [0.15, 0.2) is 24.3 Å². The molecule has 0 heterocycles. The first-order valence-electron chi connectivity index (χ1n) is 10.7. The zero-order valence-corrected chi connectivity index (χ0v) is 18.2. The molecule has 1 aromatic carbocycles. The third-order valence-corrected chi connectivity index (χ3v) is 5.38. The second-order valence-electron chi connectivity index (χ2n) is 8.82. The first-order valence-corrected chi connectivity index (χ1v) is 10.7. The van der Waals surface area contributed by atoms with Gasteiger partial charge in [-0.05, 0) is 57.6 Å². The van der Waals surface area contributed by atoms with E-state index in [4.69, 9.17) is 4.74 Å². The highest BCUT2D eigenvalue weighted by molar-refractivity contribution is 5.77. The van der Waals surface area contributed by atoms with Gasteiger partial charge in [-0.15, -0.1) is 10.1 Å². The zero-order valence-electron chi connectivity index (χ0n) is 18.2. The van der Waals surface area contributed by atoms with Gasteiger partial charge >= 0.3 is 0 Å². The summed E-state index contributed by atoms with van der Waals surface area (Å²) in [5, 5.41) is 19.9. The number of hydrogen-bond donors (Lipinski definition) is 1. The minimum Gasteiger partial charge on any atom is -0.491 e. The Hall–Kier alpha value is -2.35. The first kappa shape index (κ1) is 23.9. The van der Waals surface area contributed by atoms with Crippen LogP contribution in [0.2, 0.25) is 0 Å². The summed E-state index contributed by atoms with van der Waals surface area (Å²) in [4.78, 5) is 28.7. The predicted molar refractivity (Wildman–Crippen MR) is 113 cm³/mol. The van der Waals surface area contributed by atoms with E-state index < -0.39 is 16.7 Å². The van der Waals surface area contributed by atoms with E-state index in [-0.39, 0.29) is 38.5 Å². The third-order valence-electron chi connectivity index (χ3n) is 5.38. The van der Waals surface area contributed by atoms with Crippen molar-refractivity contribution in [3.8, 4) is 5.75 Å². The number of ether oxygens (including phenoxy) is 1. The van der Waals surface area contributed by atoms with Crippen LogP contribution in [0.3, 0.4) is 0 Å².